The molecule has 1 amide bonds. The quantitative estimate of drug-likeness (QED) is 0.675. The first-order valence-electron chi connectivity index (χ1n) is 9.41. The number of carbonyl (C=O) groups is 1. The molecule has 5 nitrogen and oxygen atoms in total. The molecule has 2 aliphatic rings. The minimum absolute atomic E-state index is 0.0732. The Morgan fingerprint density at radius 1 is 1.16 bits per heavy atom. The molecule has 1 aromatic rings. The van der Waals surface area contributed by atoms with Crippen molar-refractivity contribution in [2.75, 3.05) is 33.7 Å². The molecule has 25 heavy (non-hydrogen) atoms. The monoisotopic (exact) mass is 342 g/mol. The van der Waals surface area contributed by atoms with E-state index in [9.17, 15) is 4.79 Å². The molecule has 0 aromatic heterocycles. The molecule has 2 fully saturated rings. The van der Waals surface area contributed by atoms with Crippen LogP contribution in [0.1, 0.15) is 31.2 Å². The SMILES string of the molecule is CN(C)C(=O)CNC(=NCc1ccccc1)N1CC2CCCCC2C1. The molecule has 2 atom stereocenters. The van der Waals surface area contributed by atoms with E-state index in [1.165, 1.54) is 31.2 Å². The van der Waals surface area contributed by atoms with E-state index >= 15 is 0 Å². The molecule has 136 valence electrons. The molecule has 1 saturated heterocycles. The molecule has 5 heteroatoms. The number of nitrogens with zero attached hydrogens (tertiary/aromatic N) is 3. The predicted molar refractivity (Wildman–Crippen MR) is 101 cm³/mol. The summed E-state index contributed by atoms with van der Waals surface area (Å²) in [7, 11) is 3.57. The number of likely N-dealkylation sites (N-methyl/N-ethyl adjacent to an activating group) is 1. The molecule has 1 N–H and O–H groups in total. The summed E-state index contributed by atoms with van der Waals surface area (Å²) in [4.78, 5) is 20.8. The second-order valence-corrected chi connectivity index (χ2v) is 7.48. The van der Waals surface area contributed by atoms with Crippen LogP contribution in [0.15, 0.2) is 35.3 Å². The Labute approximate surface area is 151 Å². The Balaban J connectivity index is 1.68. The van der Waals surface area contributed by atoms with Crippen LogP contribution in [0.4, 0.5) is 0 Å². The number of hydrogen-bond donors (Lipinski definition) is 1. The number of likely N-dealkylation sites (tertiary alicyclic amines) is 1. The van der Waals surface area contributed by atoms with E-state index in [1.807, 2.05) is 18.2 Å². The molecule has 2 unspecified atom stereocenters. The fourth-order valence-electron chi connectivity index (χ4n) is 3.91. The second kappa shape index (κ2) is 8.37. The van der Waals surface area contributed by atoms with Crippen LogP contribution in [-0.4, -0.2) is 55.4 Å². The summed E-state index contributed by atoms with van der Waals surface area (Å²) in [6.07, 6.45) is 5.39. The number of hydrogen-bond acceptors (Lipinski definition) is 2. The van der Waals surface area contributed by atoms with E-state index in [0.29, 0.717) is 13.1 Å². The Morgan fingerprint density at radius 2 is 1.80 bits per heavy atom. The number of nitrogens with one attached hydrogen (secondary N) is 1. The topological polar surface area (TPSA) is 47.9 Å². The van der Waals surface area contributed by atoms with Crippen LogP contribution in [0.25, 0.3) is 0 Å². The van der Waals surface area contributed by atoms with Gasteiger partial charge in [-0.1, -0.05) is 43.2 Å². The summed E-state index contributed by atoms with van der Waals surface area (Å²) < 4.78 is 0. The van der Waals surface area contributed by atoms with Crippen molar-refractivity contribution in [1.82, 2.24) is 15.1 Å². The number of benzene rings is 1. The van der Waals surface area contributed by atoms with Crippen molar-refractivity contribution in [1.29, 1.82) is 0 Å². The van der Waals surface area contributed by atoms with Gasteiger partial charge in [-0.25, -0.2) is 4.99 Å². The minimum atomic E-state index is 0.0732. The summed E-state index contributed by atoms with van der Waals surface area (Å²) in [6, 6.07) is 10.3. The number of rotatable bonds is 4. The number of fused-ring (bicyclic) bond motifs is 1. The molecule has 0 spiro atoms. The van der Waals surface area contributed by atoms with E-state index in [0.717, 1.165) is 30.9 Å². The molecule has 1 aliphatic heterocycles. The van der Waals surface area contributed by atoms with E-state index in [2.05, 4.69) is 22.3 Å². The fraction of sp³-hybridized carbons (Fsp3) is 0.600. The zero-order valence-corrected chi connectivity index (χ0v) is 15.4. The molecule has 0 radical (unpaired) electrons. The number of guanidine groups is 1. The Morgan fingerprint density at radius 3 is 2.40 bits per heavy atom. The average molecular weight is 342 g/mol. The summed E-state index contributed by atoms with van der Waals surface area (Å²) in [5, 5.41) is 3.31. The Hall–Kier alpha value is -2.04. The highest BCUT2D eigenvalue weighted by Crippen LogP contribution is 2.35. The summed E-state index contributed by atoms with van der Waals surface area (Å²) in [5.41, 5.74) is 1.19. The first kappa shape index (κ1) is 17.8. The number of aliphatic imine (C=N–C) groups is 1. The lowest BCUT2D eigenvalue weighted by molar-refractivity contribution is -0.127. The van der Waals surface area contributed by atoms with E-state index < -0.39 is 0 Å². The zero-order chi connectivity index (χ0) is 17.6. The van der Waals surface area contributed by atoms with Crippen LogP contribution < -0.4 is 5.32 Å². The first-order chi connectivity index (χ1) is 12.1. The van der Waals surface area contributed by atoms with Crippen molar-refractivity contribution < 1.29 is 4.79 Å². The van der Waals surface area contributed by atoms with Gasteiger partial charge in [0, 0.05) is 27.2 Å². The third-order valence-electron chi connectivity index (χ3n) is 5.43. The number of carbonyl (C=O) groups excluding carboxylic acids is 1. The lowest BCUT2D eigenvalue weighted by Gasteiger charge is -2.23. The fourth-order valence-corrected chi connectivity index (χ4v) is 3.91. The summed E-state index contributed by atoms with van der Waals surface area (Å²) in [6.45, 7) is 3.08. The van der Waals surface area contributed by atoms with E-state index in [-0.39, 0.29) is 5.91 Å². The van der Waals surface area contributed by atoms with Crippen molar-refractivity contribution in [2.45, 2.75) is 32.2 Å². The largest absolute Gasteiger partial charge is 0.347 e. The van der Waals surface area contributed by atoms with Crippen LogP contribution in [0.2, 0.25) is 0 Å². The molecule has 1 heterocycles. The van der Waals surface area contributed by atoms with Gasteiger partial charge >= 0.3 is 0 Å². The maximum atomic E-state index is 12.0. The maximum absolute atomic E-state index is 12.0. The van der Waals surface area contributed by atoms with Crippen LogP contribution >= 0.6 is 0 Å². The van der Waals surface area contributed by atoms with Gasteiger partial charge in [0.05, 0.1) is 13.1 Å². The van der Waals surface area contributed by atoms with E-state index in [1.54, 1.807) is 19.0 Å². The molecule has 1 saturated carbocycles. The van der Waals surface area contributed by atoms with Crippen molar-refractivity contribution in [3.05, 3.63) is 35.9 Å². The van der Waals surface area contributed by atoms with Gasteiger partial charge in [0.1, 0.15) is 0 Å². The van der Waals surface area contributed by atoms with Gasteiger partial charge in [-0.2, -0.15) is 0 Å². The predicted octanol–water partition coefficient (Wildman–Crippen LogP) is 2.34. The van der Waals surface area contributed by atoms with Crippen molar-refractivity contribution >= 4 is 11.9 Å². The van der Waals surface area contributed by atoms with Gasteiger partial charge in [0.2, 0.25) is 5.91 Å². The normalized spacial score (nSPS) is 23.3. The van der Waals surface area contributed by atoms with Gasteiger partial charge in [-0.05, 0) is 30.2 Å². The van der Waals surface area contributed by atoms with Gasteiger partial charge in [-0.15, -0.1) is 0 Å². The Kier molecular flexibility index (Phi) is 5.95. The van der Waals surface area contributed by atoms with Crippen LogP contribution in [0, 0.1) is 11.8 Å². The average Bonchev–Trinajstić information content (AvgIpc) is 3.06. The first-order valence-corrected chi connectivity index (χ1v) is 9.41. The third-order valence-corrected chi connectivity index (χ3v) is 5.43. The standard InChI is InChI=1S/C20H30N4O/c1-23(2)19(25)13-22-20(21-12-16-8-4-3-5-9-16)24-14-17-10-6-7-11-18(17)15-24/h3-5,8-9,17-18H,6-7,10-15H2,1-2H3,(H,21,22). The zero-order valence-electron chi connectivity index (χ0n) is 15.4. The third kappa shape index (κ3) is 4.74. The highest BCUT2D eigenvalue weighted by molar-refractivity contribution is 5.86. The van der Waals surface area contributed by atoms with Gasteiger partial charge in [0.15, 0.2) is 5.96 Å². The highest BCUT2D eigenvalue weighted by Gasteiger charge is 2.35. The van der Waals surface area contributed by atoms with Crippen LogP contribution in [0.3, 0.4) is 0 Å². The molecule has 1 aromatic carbocycles. The van der Waals surface area contributed by atoms with Crippen LogP contribution in [-0.2, 0) is 11.3 Å². The number of amides is 1. The van der Waals surface area contributed by atoms with Crippen molar-refractivity contribution in [2.24, 2.45) is 16.8 Å². The van der Waals surface area contributed by atoms with Crippen molar-refractivity contribution in [3.8, 4) is 0 Å². The summed E-state index contributed by atoms with van der Waals surface area (Å²) >= 11 is 0. The second-order valence-electron chi connectivity index (χ2n) is 7.48. The molecule has 0 bridgehead atoms. The molecule has 3 rings (SSSR count). The van der Waals surface area contributed by atoms with Crippen LogP contribution in [0.5, 0.6) is 0 Å². The van der Waals surface area contributed by atoms with Crippen molar-refractivity contribution in [3.63, 3.8) is 0 Å². The smallest absolute Gasteiger partial charge is 0.241 e. The lowest BCUT2D eigenvalue weighted by atomic mass is 9.82. The lowest BCUT2D eigenvalue weighted by Crippen LogP contribution is -2.44. The molecular weight excluding hydrogens is 312 g/mol. The molecule has 1 aliphatic carbocycles. The van der Waals surface area contributed by atoms with Gasteiger partial charge < -0.3 is 15.1 Å². The minimum Gasteiger partial charge on any atom is -0.347 e. The summed E-state index contributed by atoms with van der Waals surface area (Å²) in [5.74, 6) is 2.54. The van der Waals surface area contributed by atoms with Gasteiger partial charge in [0.25, 0.3) is 0 Å². The Bertz CT molecular complexity index is 585. The highest BCUT2D eigenvalue weighted by atomic mass is 16.2. The maximum Gasteiger partial charge on any atom is 0.241 e. The van der Waals surface area contributed by atoms with E-state index in [4.69, 9.17) is 4.99 Å². The molecular formula is C20H30N4O. The van der Waals surface area contributed by atoms with Gasteiger partial charge in [-0.3, -0.25) is 4.79 Å².